The second-order valence-electron chi connectivity index (χ2n) is 6.98. The van der Waals surface area contributed by atoms with Crippen molar-refractivity contribution in [3.63, 3.8) is 0 Å². The van der Waals surface area contributed by atoms with Crippen LogP contribution in [0.4, 0.5) is 0 Å². The van der Waals surface area contributed by atoms with E-state index in [0.29, 0.717) is 11.8 Å². The summed E-state index contributed by atoms with van der Waals surface area (Å²) in [6, 6.07) is 10.7. The summed E-state index contributed by atoms with van der Waals surface area (Å²) in [7, 11) is 1.68. The van der Waals surface area contributed by atoms with E-state index in [1.165, 1.54) is 5.56 Å². The first kappa shape index (κ1) is 16.5. The fourth-order valence-electron chi connectivity index (χ4n) is 4.15. The maximum absolute atomic E-state index is 13.1. The molecule has 2 unspecified atom stereocenters. The monoisotopic (exact) mass is 316 g/mol. The van der Waals surface area contributed by atoms with Gasteiger partial charge in [-0.1, -0.05) is 37.3 Å². The lowest BCUT2D eigenvalue weighted by Gasteiger charge is -2.43. The van der Waals surface area contributed by atoms with Crippen LogP contribution in [0.1, 0.15) is 37.7 Å². The van der Waals surface area contributed by atoms with E-state index in [-0.39, 0.29) is 5.91 Å². The van der Waals surface area contributed by atoms with Gasteiger partial charge < -0.3 is 15.0 Å². The summed E-state index contributed by atoms with van der Waals surface area (Å²) in [5, 5.41) is 3.32. The number of likely N-dealkylation sites (tertiary alicyclic amines) is 1. The predicted octanol–water partition coefficient (Wildman–Crippen LogP) is 2.41. The lowest BCUT2D eigenvalue weighted by atomic mass is 9.80. The fraction of sp³-hybridized carbons (Fsp3) is 0.632. The highest BCUT2D eigenvalue weighted by molar-refractivity contribution is 5.85. The highest BCUT2D eigenvalue weighted by Gasteiger charge is 2.44. The number of amides is 1. The Morgan fingerprint density at radius 2 is 1.96 bits per heavy atom. The molecule has 2 saturated heterocycles. The van der Waals surface area contributed by atoms with Crippen LogP contribution in [0.2, 0.25) is 0 Å². The van der Waals surface area contributed by atoms with Crippen molar-refractivity contribution in [1.82, 2.24) is 10.2 Å². The molecule has 3 rings (SSSR count). The van der Waals surface area contributed by atoms with Gasteiger partial charge >= 0.3 is 0 Å². The third-order valence-electron chi connectivity index (χ3n) is 5.61. The van der Waals surface area contributed by atoms with Crippen LogP contribution in [0.3, 0.4) is 0 Å². The lowest BCUT2D eigenvalue weighted by Crippen LogP contribution is -2.57. The van der Waals surface area contributed by atoms with Gasteiger partial charge in [0.15, 0.2) is 0 Å². The number of nitrogens with zero attached hydrogens (tertiary/aromatic N) is 1. The zero-order valence-corrected chi connectivity index (χ0v) is 14.3. The highest BCUT2D eigenvalue weighted by Crippen LogP contribution is 2.35. The number of piperidine rings is 2. The Labute approximate surface area is 139 Å². The SMILES string of the molecule is COC1(C(=O)N2CCC(c3ccccc3)C(C)C2)CCNCC1. The van der Waals surface area contributed by atoms with Crippen molar-refractivity contribution in [2.75, 3.05) is 33.3 Å². The van der Waals surface area contributed by atoms with Gasteiger partial charge in [-0.15, -0.1) is 0 Å². The second-order valence-corrected chi connectivity index (χ2v) is 6.98. The van der Waals surface area contributed by atoms with Crippen LogP contribution in [-0.2, 0) is 9.53 Å². The maximum atomic E-state index is 13.1. The van der Waals surface area contributed by atoms with Gasteiger partial charge in [0.05, 0.1) is 0 Å². The number of carbonyl (C=O) groups is 1. The fourth-order valence-corrected chi connectivity index (χ4v) is 4.15. The van der Waals surface area contributed by atoms with Crippen LogP contribution < -0.4 is 5.32 Å². The average Bonchev–Trinajstić information content (AvgIpc) is 2.62. The van der Waals surface area contributed by atoms with Crippen LogP contribution in [-0.4, -0.2) is 49.7 Å². The molecule has 0 aromatic heterocycles. The molecule has 2 aliphatic heterocycles. The van der Waals surface area contributed by atoms with E-state index in [1.807, 2.05) is 4.90 Å². The first-order valence-electron chi connectivity index (χ1n) is 8.76. The van der Waals surface area contributed by atoms with E-state index in [9.17, 15) is 4.79 Å². The van der Waals surface area contributed by atoms with Crippen LogP contribution in [0.5, 0.6) is 0 Å². The van der Waals surface area contributed by atoms with Crippen molar-refractivity contribution in [1.29, 1.82) is 0 Å². The Bertz CT molecular complexity index is 525. The number of carbonyl (C=O) groups excluding carboxylic acids is 1. The number of hydrogen-bond donors (Lipinski definition) is 1. The number of benzene rings is 1. The largest absolute Gasteiger partial charge is 0.368 e. The average molecular weight is 316 g/mol. The maximum Gasteiger partial charge on any atom is 0.254 e. The van der Waals surface area contributed by atoms with E-state index in [4.69, 9.17) is 4.74 Å². The van der Waals surface area contributed by atoms with E-state index in [1.54, 1.807) is 7.11 Å². The predicted molar refractivity (Wildman–Crippen MR) is 91.4 cm³/mol. The molecule has 1 aromatic carbocycles. The molecule has 0 radical (unpaired) electrons. The van der Waals surface area contributed by atoms with Gasteiger partial charge in [-0.2, -0.15) is 0 Å². The van der Waals surface area contributed by atoms with Crippen molar-refractivity contribution in [2.45, 2.75) is 37.7 Å². The number of methoxy groups -OCH3 is 1. The smallest absolute Gasteiger partial charge is 0.254 e. The zero-order chi connectivity index (χ0) is 16.3. The number of ether oxygens (including phenoxy) is 1. The molecule has 0 saturated carbocycles. The number of rotatable bonds is 3. The first-order valence-corrected chi connectivity index (χ1v) is 8.76. The molecule has 0 spiro atoms. The summed E-state index contributed by atoms with van der Waals surface area (Å²) in [4.78, 5) is 15.1. The minimum atomic E-state index is -0.607. The van der Waals surface area contributed by atoms with Gasteiger partial charge in [0.2, 0.25) is 0 Å². The minimum absolute atomic E-state index is 0.194. The van der Waals surface area contributed by atoms with Crippen LogP contribution in [0, 0.1) is 5.92 Å². The van der Waals surface area contributed by atoms with E-state index in [0.717, 1.165) is 45.4 Å². The molecule has 2 heterocycles. The van der Waals surface area contributed by atoms with E-state index >= 15 is 0 Å². The van der Waals surface area contributed by atoms with Crippen molar-refractivity contribution >= 4 is 5.91 Å². The zero-order valence-electron chi connectivity index (χ0n) is 14.3. The topological polar surface area (TPSA) is 41.6 Å². The van der Waals surface area contributed by atoms with Gasteiger partial charge in [-0.25, -0.2) is 0 Å². The molecular formula is C19H28N2O2. The Balaban J connectivity index is 1.68. The standard InChI is InChI=1S/C19H28N2O2/c1-15-14-21(13-8-17(15)16-6-4-3-5-7-16)18(22)19(23-2)9-11-20-12-10-19/h3-7,15,17,20H,8-14H2,1-2H3. The second kappa shape index (κ2) is 7.02. The summed E-state index contributed by atoms with van der Waals surface area (Å²) < 4.78 is 5.71. The molecule has 1 N–H and O–H groups in total. The Morgan fingerprint density at radius 1 is 1.26 bits per heavy atom. The molecule has 23 heavy (non-hydrogen) atoms. The normalized spacial score (nSPS) is 27.7. The lowest BCUT2D eigenvalue weighted by molar-refractivity contribution is -0.160. The summed E-state index contributed by atoms with van der Waals surface area (Å²) in [6.45, 7) is 5.64. The van der Waals surface area contributed by atoms with Crippen molar-refractivity contribution in [2.24, 2.45) is 5.92 Å². The van der Waals surface area contributed by atoms with Crippen molar-refractivity contribution < 1.29 is 9.53 Å². The third kappa shape index (κ3) is 3.29. The third-order valence-corrected chi connectivity index (χ3v) is 5.61. The van der Waals surface area contributed by atoms with Gasteiger partial charge in [0, 0.05) is 20.2 Å². The van der Waals surface area contributed by atoms with Crippen LogP contribution in [0.15, 0.2) is 30.3 Å². The number of hydrogen-bond acceptors (Lipinski definition) is 3. The summed E-state index contributed by atoms with van der Waals surface area (Å²) in [5.41, 5.74) is 0.792. The van der Waals surface area contributed by atoms with Crippen LogP contribution in [0.25, 0.3) is 0 Å². The van der Waals surface area contributed by atoms with E-state index in [2.05, 4.69) is 42.6 Å². The summed E-state index contributed by atoms with van der Waals surface area (Å²) in [6.07, 6.45) is 2.58. The molecule has 4 heteroatoms. The molecule has 4 nitrogen and oxygen atoms in total. The molecule has 2 atom stereocenters. The summed E-state index contributed by atoms with van der Waals surface area (Å²) >= 11 is 0. The van der Waals surface area contributed by atoms with E-state index < -0.39 is 5.60 Å². The molecule has 0 aliphatic carbocycles. The quantitative estimate of drug-likeness (QED) is 0.931. The van der Waals surface area contributed by atoms with Gasteiger partial charge in [-0.05, 0) is 49.8 Å². The van der Waals surface area contributed by atoms with Crippen LogP contribution >= 0.6 is 0 Å². The molecule has 2 aliphatic rings. The molecule has 0 bridgehead atoms. The summed E-state index contributed by atoms with van der Waals surface area (Å²) in [5.74, 6) is 1.22. The Morgan fingerprint density at radius 3 is 2.57 bits per heavy atom. The minimum Gasteiger partial charge on any atom is -0.368 e. The molecule has 1 aromatic rings. The Kier molecular flexibility index (Phi) is 5.02. The van der Waals surface area contributed by atoms with Crippen molar-refractivity contribution in [3.8, 4) is 0 Å². The first-order chi connectivity index (χ1) is 11.2. The molecule has 2 fully saturated rings. The molecule has 126 valence electrons. The van der Waals surface area contributed by atoms with Gasteiger partial charge in [-0.3, -0.25) is 4.79 Å². The molecular weight excluding hydrogens is 288 g/mol. The highest BCUT2D eigenvalue weighted by atomic mass is 16.5. The van der Waals surface area contributed by atoms with Gasteiger partial charge in [0.1, 0.15) is 5.60 Å². The Hall–Kier alpha value is -1.39. The van der Waals surface area contributed by atoms with Gasteiger partial charge in [0.25, 0.3) is 5.91 Å². The van der Waals surface area contributed by atoms with Crippen molar-refractivity contribution in [3.05, 3.63) is 35.9 Å². The molecule has 1 amide bonds. The number of nitrogens with one attached hydrogen (secondary N) is 1.